The van der Waals surface area contributed by atoms with Crippen LogP contribution in [0.2, 0.25) is 0 Å². The van der Waals surface area contributed by atoms with Gasteiger partial charge in [0.25, 0.3) is 5.56 Å². The molecule has 0 radical (unpaired) electrons. The highest BCUT2D eigenvalue weighted by molar-refractivity contribution is 7.98. The maximum atomic E-state index is 12.5. The number of hydrogen-bond donors (Lipinski definition) is 0. The van der Waals surface area contributed by atoms with Crippen LogP contribution in [0, 0.1) is 6.92 Å². The van der Waals surface area contributed by atoms with E-state index in [-0.39, 0.29) is 5.56 Å². The van der Waals surface area contributed by atoms with E-state index in [0.717, 1.165) is 37.9 Å². The molecule has 0 bridgehead atoms. The summed E-state index contributed by atoms with van der Waals surface area (Å²) in [6.45, 7) is 1.96. The number of aromatic nitrogens is 4. The van der Waals surface area contributed by atoms with Crippen molar-refractivity contribution < 1.29 is 0 Å². The fourth-order valence-corrected chi connectivity index (χ4v) is 4.72. The molecule has 0 unspecified atom stereocenters. The Morgan fingerprint density at radius 2 is 1.93 bits per heavy atom. The highest BCUT2D eigenvalue weighted by Gasteiger charge is 2.12. The van der Waals surface area contributed by atoms with Crippen molar-refractivity contribution >= 4 is 39.6 Å². The summed E-state index contributed by atoms with van der Waals surface area (Å²) in [5.41, 5.74) is 3.27. The van der Waals surface area contributed by atoms with Crippen LogP contribution in [-0.4, -0.2) is 19.4 Å². The molecule has 0 N–H and O–H groups in total. The van der Waals surface area contributed by atoms with Crippen LogP contribution in [0.3, 0.4) is 0 Å². The van der Waals surface area contributed by atoms with Gasteiger partial charge in [-0.1, -0.05) is 42.1 Å². The molecule has 5 aromatic rings. The molecule has 0 aliphatic heterocycles. The van der Waals surface area contributed by atoms with Gasteiger partial charge in [0.05, 0.1) is 16.1 Å². The van der Waals surface area contributed by atoms with E-state index in [9.17, 15) is 4.79 Å². The minimum absolute atomic E-state index is 0.0684. The van der Waals surface area contributed by atoms with Crippen molar-refractivity contribution in [2.75, 3.05) is 0 Å². The number of thiophene rings is 1. The lowest BCUT2D eigenvalue weighted by Crippen LogP contribution is -2.15. The van der Waals surface area contributed by atoms with Crippen LogP contribution in [-0.2, 0) is 5.75 Å². The maximum absolute atomic E-state index is 12.5. The summed E-state index contributed by atoms with van der Waals surface area (Å²) in [4.78, 5) is 27.7. The molecule has 0 spiro atoms. The van der Waals surface area contributed by atoms with Gasteiger partial charge in [-0.25, -0.2) is 15.0 Å². The quantitative estimate of drug-likeness (QED) is 0.306. The van der Waals surface area contributed by atoms with Gasteiger partial charge in [0.2, 0.25) is 0 Å². The molecule has 142 valence electrons. The summed E-state index contributed by atoms with van der Waals surface area (Å²) in [7, 11) is 0. The van der Waals surface area contributed by atoms with Crippen molar-refractivity contribution in [3.05, 3.63) is 87.8 Å². The third-order valence-corrected chi connectivity index (χ3v) is 6.42. The number of pyridine rings is 1. The Hall–Kier alpha value is -3.03. The van der Waals surface area contributed by atoms with Crippen LogP contribution >= 0.6 is 23.1 Å². The number of aryl methyl sites for hydroxylation is 1. The summed E-state index contributed by atoms with van der Waals surface area (Å²) in [6, 6.07) is 17.5. The van der Waals surface area contributed by atoms with Crippen molar-refractivity contribution in [2.45, 2.75) is 17.7 Å². The first-order valence-electron chi connectivity index (χ1n) is 9.10. The largest absolute Gasteiger partial charge is 0.269 e. The predicted molar refractivity (Wildman–Crippen MR) is 119 cm³/mol. The van der Waals surface area contributed by atoms with E-state index < -0.39 is 0 Å². The summed E-state index contributed by atoms with van der Waals surface area (Å²) in [6.07, 6.45) is 1.81. The molecular formula is C22H16N4OS2. The van der Waals surface area contributed by atoms with Crippen molar-refractivity contribution in [2.24, 2.45) is 0 Å². The van der Waals surface area contributed by atoms with E-state index in [1.807, 2.05) is 67.0 Å². The first kappa shape index (κ1) is 18.0. The molecule has 5 rings (SSSR count). The molecule has 4 heterocycles. The molecule has 4 aromatic heterocycles. The number of thioether (sulfide) groups is 1. The smallest absolute Gasteiger partial charge is 0.258 e. The number of nitrogens with zero attached hydrogens (tertiary/aromatic N) is 4. The van der Waals surface area contributed by atoms with Crippen molar-refractivity contribution in [3.8, 4) is 10.7 Å². The minimum Gasteiger partial charge on any atom is -0.269 e. The maximum Gasteiger partial charge on any atom is 0.258 e. The molecule has 0 atom stereocenters. The minimum atomic E-state index is -0.0684. The zero-order valence-corrected chi connectivity index (χ0v) is 17.2. The molecule has 0 saturated carbocycles. The number of fused-ring (bicyclic) bond motifs is 2. The van der Waals surface area contributed by atoms with Crippen molar-refractivity contribution in [1.82, 2.24) is 19.4 Å². The second-order valence-corrected chi connectivity index (χ2v) is 8.57. The van der Waals surface area contributed by atoms with Gasteiger partial charge in [-0.2, -0.15) is 0 Å². The van der Waals surface area contributed by atoms with E-state index in [0.29, 0.717) is 11.4 Å². The number of para-hydroxylation sites is 1. The highest BCUT2D eigenvalue weighted by atomic mass is 32.2. The van der Waals surface area contributed by atoms with Crippen molar-refractivity contribution in [3.63, 3.8) is 0 Å². The summed E-state index contributed by atoms with van der Waals surface area (Å²) < 4.78 is 1.58. The Balaban J connectivity index is 1.53. The monoisotopic (exact) mass is 416 g/mol. The first-order valence-corrected chi connectivity index (χ1v) is 11.0. The lowest BCUT2D eigenvalue weighted by Gasteiger charge is -2.08. The van der Waals surface area contributed by atoms with Crippen LogP contribution in [0.5, 0.6) is 0 Å². The Morgan fingerprint density at radius 3 is 2.79 bits per heavy atom. The standard InChI is InChI=1S/C22H16N4OS2/c1-14-8-9-19-23-15(11-20(27)26(19)12-14)13-29-22-16-5-2-3-6-17(16)24-21(25-22)18-7-4-10-28-18/h2-12H,13H2,1H3. The average Bonchev–Trinajstić information content (AvgIpc) is 3.27. The molecule has 0 fully saturated rings. The molecule has 1 aromatic carbocycles. The molecule has 0 aliphatic carbocycles. The van der Waals surface area contributed by atoms with Gasteiger partial charge in [-0.05, 0) is 36.1 Å². The second kappa shape index (κ2) is 7.42. The number of rotatable bonds is 4. The lowest BCUT2D eigenvalue weighted by molar-refractivity contribution is 1.000. The third-order valence-electron chi connectivity index (χ3n) is 4.53. The zero-order valence-electron chi connectivity index (χ0n) is 15.6. The second-order valence-electron chi connectivity index (χ2n) is 6.66. The van der Waals surface area contributed by atoms with Crippen molar-refractivity contribution in [1.29, 1.82) is 0 Å². The molecule has 0 saturated heterocycles. The topological polar surface area (TPSA) is 60.2 Å². The molecule has 0 amide bonds. The Bertz CT molecular complexity index is 1390. The van der Waals surface area contributed by atoms with Gasteiger partial charge in [0.15, 0.2) is 5.82 Å². The van der Waals surface area contributed by atoms with E-state index >= 15 is 0 Å². The third kappa shape index (κ3) is 3.54. The van der Waals surface area contributed by atoms with Gasteiger partial charge in [0.1, 0.15) is 10.7 Å². The van der Waals surface area contributed by atoms with E-state index in [2.05, 4.69) is 4.98 Å². The normalized spacial score (nSPS) is 11.3. The van der Waals surface area contributed by atoms with Gasteiger partial charge in [-0.3, -0.25) is 9.20 Å². The Morgan fingerprint density at radius 1 is 1.03 bits per heavy atom. The van der Waals surface area contributed by atoms with Crippen LogP contribution in [0.4, 0.5) is 0 Å². The van der Waals surface area contributed by atoms with Crippen LogP contribution in [0.15, 0.2) is 76.0 Å². The SMILES string of the molecule is Cc1ccc2nc(CSc3nc(-c4cccs4)nc4ccccc34)cc(=O)n2c1. The summed E-state index contributed by atoms with van der Waals surface area (Å²) in [5, 5.41) is 3.92. The average molecular weight is 417 g/mol. The van der Waals surface area contributed by atoms with E-state index in [1.165, 1.54) is 0 Å². The summed E-state index contributed by atoms with van der Waals surface area (Å²) >= 11 is 3.20. The van der Waals surface area contributed by atoms with Crippen LogP contribution in [0.1, 0.15) is 11.3 Å². The zero-order chi connectivity index (χ0) is 19.8. The first-order chi connectivity index (χ1) is 14.2. The molecule has 5 nitrogen and oxygen atoms in total. The predicted octanol–water partition coefficient (Wildman–Crippen LogP) is 4.97. The van der Waals surface area contributed by atoms with Crippen LogP contribution in [0.25, 0.3) is 27.3 Å². The highest BCUT2D eigenvalue weighted by Crippen LogP contribution is 2.31. The molecule has 0 aliphatic rings. The molecule has 7 heteroatoms. The molecular weight excluding hydrogens is 400 g/mol. The van der Waals surface area contributed by atoms with Gasteiger partial charge < -0.3 is 0 Å². The number of benzene rings is 1. The Labute approximate surface area is 175 Å². The van der Waals surface area contributed by atoms with Crippen LogP contribution < -0.4 is 5.56 Å². The van der Waals surface area contributed by atoms with E-state index in [4.69, 9.17) is 9.97 Å². The van der Waals surface area contributed by atoms with Gasteiger partial charge in [-0.15, -0.1) is 11.3 Å². The van der Waals surface area contributed by atoms with E-state index in [1.54, 1.807) is 33.6 Å². The fraction of sp³-hybridized carbons (Fsp3) is 0.0909. The fourth-order valence-electron chi connectivity index (χ4n) is 3.15. The lowest BCUT2D eigenvalue weighted by atomic mass is 10.2. The summed E-state index contributed by atoms with van der Waals surface area (Å²) in [5.74, 6) is 1.29. The van der Waals surface area contributed by atoms with Gasteiger partial charge >= 0.3 is 0 Å². The Kier molecular flexibility index (Phi) is 4.61. The number of hydrogen-bond acceptors (Lipinski definition) is 6. The van der Waals surface area contributed by atoms with Gasteiger partial charge in [0, 0.05) is 23.4 Å². The molecule has 29 heavy (non-hydrogen) atoms.